The molecule has 0 bridgehead atoms. The Morgan fingerprint density at radius 3 is 2.75 bits per heavy atom. The van der Waals surface area contributed by atoms with Gasteiger partial charge in [-0.15, -0.1) is 0 Å². The molecule has 2 N–H and O–H groups in total. The van der Waals surface area contributed by atoms with Gasteiger partial charge in [-0.1, -0.05) is 0 Å². The zero-order valence-corrected chi connectivity index (χ0v) is 10.2. The maximum atomic E-state index is 13.4. The maximum absolute atomic E-state index is 13.4. The van der Waals surface area contributed by atoms with Crippen LogP contribution in [0.15, 0.2) is 23.1 Å². The fourth-order valence-corrected chi connectivity index (χ4v) is 2.13. The van der Waals surface area contributed by atoms with Crippen molar-refractivity contribution < 1.29 is 13.3 Å². The molecule has 0 aromatic heterocycles. The topological polar surface area (TPSA) is 52.3 Å². The van der Waals surface area contributed by atoms with Crippen molar-refractivity contribution >= 4 is 16.5 Å². The van der Waals surface area contributed by atoms with Gasteiger partial charge >= 0.3 is 0 Å². The lowest BCUT2D eigenvalue weighted by molar-refractivity contribution is 0.0916. The van der Waals surface area contributed by atoms with Gasteiger partial charge in [0.1, 0.15) is 5.82 Å². The first-order chi connectivity index (χ1) is 7.50. The van der Waals surface area contributed by atoms with Crippen molar-refractivity contribution in [2.75, 3.05) is 18.1 Å². The number of hydrogen-bond donors (Lipinski definition) is 1. The molecule has 0 aliphatic carbocycles. The molecular formula is C11H16FNO2S. The van der Waals surface area contributed by atoms with E-state index in [9.17, 15) is 8.60 Å². The van der Waals surface area contributed by atoms with E-state index in [1.165, 1.54) is 12.1 Å². The molecule has 1 aromatic carbocycles. The molecule has 0 saturated carbocycles. The summed E-state index contributed by atoms with van der Waals surface area (Å²) in [6.07, 6.45) is 0.0910. The van der Waals surface area contributed by atoms with E-state index in [2.05, 4.69) is 0 Å². The third-order valence-corrected chi connectivity index (χ3v) is 3.28. The molecule has 1 unspecified atom stereocenters. The number of rotatable bonds is 5. The molecule has 0 spiro atoms. The predicted molar refractivity (Wildman–Crippen MR) is 63.2 cm³/mol. The summed E-state index contributed by atoms with van der Waals surface area (Å²) in [7, 11) is -1.38. The van der Waals surface area contributed by atoms with Crippen molar-refractivity contribution in [2.24, 2.45) is 0 Å². The van der Waals surface area contributed by atoms with Crippen LogP contribution in [0.25, 0.3) is 0 Å². The third-order valence-electron chi connectivity index (χ3n) is 1.92. The van der Waals surface area contributed by atoms with Gasteiger partial charge in [0.05, 0.1) is 34.2 Å². The Hall–Kier alpha value is -0.940. The molecule has 16 heavy (non-hydrogen) atoms. The molecule has 5 heteroatoms. The second-order valence-electron chi connectivity index (χ2n) is 3.66. The van der Waals surface area contributed by atoms with Crippen LogP contribution in [0.2, 0.25) is 0 Å². The van der Waals surface area contributed by atoms with E-state index in [1.54, 1.807) is 6.07 Å². The van der Waals surface area contributed by atoms with Gasteiger partial charge in [-0.05, 0) is 32.0 Å². The van der Waals surface area contributed by atoms with Crippen molar-refractivity contribution in [3.8, 4) is 0 Å². The van der Waals surface area contributed by atoms with Crippen LogP contribution in [0.5, 0.6) is 0 Å². The first-order valence-electron chi connectivity index (χ1n) is 5.05. The second-order valence-corrected chi connectivity index (χ2v) is 5.20. The number of nitrogen functional groups attached to an aromatic ring is 1. The van der Waals surface area contributed by atoms with Gasteiger partial charge in [-0.25, -0.2) is 4.39 Å². The van der Waals surface area contributed by atoms with Crippen molar-refractivity contribution in [1.82, 2.24) is 0 Å². The summed E-state index contributed by atoms with van der Waals surface area (Å²) < 4.78 is 30.3. The fourth-order valence-electron chi connectivity index (χ4n) is 1.17. The summed E-state index contributed by atoms with van der Waals surface area (Å²) in [5.74, 6) is -0.234. The highest BCUT2D eigenvalue weighted by Crippen LogP contribution is 2.15. The molecule has 0 radical (unpaired) electrons. The second kappa shape index (κ2) is 5.96. The molecule has 0 aliphatic rings. The minimum atomic E-state index is -1.38. The van der Waals surface area contributed by atoms with Crippen molar-refractivity contribution in [1.29, 1.82) is 0 Å². The van der Waals surface area contributed by atoms with E-state index in [0.29, 0.717) is 18.0 Å². The smallest absolute Gasteiger partial charge is 0.141 e. The quantitative estimate of drug-likeness (QED) is 0.807. The lowest BCUT2D eigenvalue weighted by Gasteiger charge is -2.08. The number of anilines is 1. The summed E-state index contributed by atoms with van der Waals surface area (Å²) in [6, 6.07) is 4.17. The van der Waals surface area contributed by atoms with Crippen LogP contribution in [0.4, 0.5) is 10.1 Å². The number of benzene rings is 1. The Kier molecular flexibility index (Phi) is 4.89. The number of ether oxygens (including phenoxy) is 1. The van der Waals surface area contributed by atoms with Gasteiger partial charge in [0.2, 0.25) is 0 Å². The van der Waals surface area contributed by atoms with Gasteiger partial charge in [0.15, 0.2) is 0 Å². The van der Waals surface area contributed by atoms with Gasteiger partial charge in [0.25, 0.3) is 0 Å². The summed E-state index contributed by atoms with van der Waals surface area (Å²) in [5.41, 5.74) is 5.73. The molecule has 0 aliphatic heterocycles. The minimum absolute atomic E-state index is 0.0910. The Morgan fingerprint density at radius 2 is 2.19 bits per heavy atom. The Labute approximate surface area is 97.2 Å². The fraction of sp³-hybridized carbons (Fsp3) is 0.455. The molecule has 90 valence electrons. The Bertz CT molecular complexity index is 382. The van der Waals surface area contributed by atoms with E-state index in [0.717, 1.165) is 0 Å². The molecule has 1 aromatic rings. The summed E-state index contributed by atoms with van der Waals surface area (Å²) in [5, 5.41) is 0. The number of hydrogen-bond acceptors (Lipinski definition) is 3. The minimum Gasteiger partial charge on any atom is -0.399 e. The predicted octanol–water partition coefficient (Wildman–Crippen LogP) is 1.94. The zero-order valence-electron chi connectivity index (χ0n) is 9.40. The average Bonchev–Trinajstić information content (AvgIpc) is 2.16. The monoisotopic (exact) mass is 245 g/mol. The highest BCUT2D eigenvalue weighted by atomic mass is 32.2. The molecule has 0 heterocycles. The summed E-state index contributed by atoms with van der Waals surface area (Å²) in [6.45, 7) is 4.15. The van der Waals surface area contributed by atoms with Crippen LogP contribution >= 0.6 is 0 Å². The Balaban J connectivity index is 2.59. The first kappa shape index (κ1) is 13.1. The van der Waals surface area contributed by atoms with Gasteiger partial charge < -0.3 is 10.5 Å². The lowest BCUT2D eigenvalue weighted by Crippen LogP contribution is -2.11. The van der Waals surface area contributed by atoms with E-state index in [4.69, 9.17) is 10.5 Å². The standard InChI is InChI=1S/C11H16FNO2S/c1-8(2)15-5-6-16(14)11-4-3-9(13)7-10(11)12/h3-4,7-8H,5-6,13H2,1-2H3. The van der Waals surface area contributed by atoms with E-state index >= 15 is 0 Å². The van der Waals surface area contributed by atoms with Crippen LogP contribution in [-0.2, 0) is 15.5 Å². The first-order valence-corrected chi connectivity index (χ1v) is 6.37. The van der Waals surface area contributed by atoms with Crippen LogP contribution in [-0.4, -0.2) is 22.7 Å². The molecular weight excluding hydrogens is 229 g/mol. The van der Waals surface area contributed by atoms with Crippen molar-refractivity contribution in [3.63, 3.8) is 0 Å². The largest absolute Gasteiger partial charge is 0.399 e. The SMILES string of the molecule is CC(C)OCCS(=O)c1ccc(N)cc1F. The van der Waals surface area contributed by atoms with Crippen LogP contribution in [0, 0.1) is 5.82 Å². The molecule has 0 fully saturated rings. The Morgan fingerprint density at radius 1 is 1.50 bits per heavy atom. The van der Waals surface area contributed by atoms with E-state index in [1.807, 2.05) is 13.8 Å². The van der Waals surface area contributed by atoms with Gasteiger partial charge in [0, 0.05) is 5.69 Å². The lowest BCUT2D eigenvalue weighted by atomic mass is 10.3. The molecule has 0 amide bonds. The number of nitrogens with two attached hydrogens (primary N) is 1. The maximum Gasteiger partial charge on any atom is 0.141 e. The van der Waals surface area contributed by atoms with E-state index < -0.39 is 16.6 Å². The highest BCUT2D eigenvalue weighted by molar-refractivity contribution is 7.85. The molecule has 0 saturated heterocycles. The number of halogens is 1. The van der Waals surface area contributed by atoms with Crippen LogP contribution < -0.4 is 5.73 Å². The van der Waals surface area contributed by atoms with Crippen molar-refractivity contribution in [2.45, 2.75) is 24.8 Å². The molecule has 1 rings (SSSR count). The van der Waals surface area contributed by atoms with Gasteiger partial charge in [-0.2, -0.15) is 0 Å². The van der Waals surface area contributed by atoms with E-state index in [-0.39, 0.29) is 11.0 Å². The van der Waals surface area contributed by atoms with Crippen molar-refractivity contribution in [3.05, 3.63) is 24.0 Å². The molecule has 3 nitrogen and oxygen atoms in total. The zero-order chi connectivity index (χ0) is 12.1. The third kappa shape index (κ3) is 3.90. The van der Waals surface area contributed by atoms with Gasteiger partial charge in [-0.3, -0.25) is 4.21 Å². The highest BCUT2D eigenvalue weighted by Gasteiger charge is 2.10. The summed E-state index contributed by atoms with van der Waals surface area (Å²) >= 11 is 0. The van der Waals surface area contributed by atoms with Crippen LogP contribution in [0.3, 0.4) is 0 Å². The normalized spacial score (nSPS) is 13.0. The molecule has 1 atom stereocenters. The summed E-state index contributed by atoms with van der Waals surface area (Å²) in [4.78, 5) is 0.182. The average molecular weight is 245 g/mol. The van der Waals surface area contributed by atoms with Crippen LogP contribution in [0.1, 0.15) is 13.8 Å².